The van der Waals surface area contributed by atoms with Crippen LogP contribution in [0, 0.1) is 0 Å². The molecule has 0 saturated carbocycles. The molecule has 2 aliphatic heterocycles. The van der Waals surface area contributed by atoms with Crippen molar-refractivity contribution in [2.75, 3.05) is 0 Å². The van der Waals surface area contributed by atoms with Crippen LogP contribution in [-0.4, -0.2) is 24.4 Å². The van der Waals surface area contributed by atoms with Crippen LogP contribution in [0.3, 0.4) is 0 Å². The number of fused-ring (bicyclic) bond motifs is 1. The molecule has 5 heteroatoms. The fourth-order valence-corrected chi connectivity index (χ4v) is 2.16. The van der Waals surface area contributed by atoms with Crippen molar-refractivity contribution in [2.45, 2.75) is 44.9 Å². The molecule has 2 heterocycles. The van der Waals surface area contributed by atoms with Gasteiger partial charge in [-0.3, -0.25) is 0 Å². The Labute approximate surface area is 108 Å². The minimum atomic E-state index is -0.311. The van der Waals surface area contributed by atoms with E-state index in [1.807, 2.05) is 12.2 Å². The standard InChI is InChI=1S/C13H17BN2O2/c1-12(2)13(3,4)18-14(17-12)10-5-6-11-9(7-10)8-15-16-11/h5-8,11H,1-4H3/t11-/m1/s1. The Bertz CT molecular complexity index is 487. The summed E-state index contributed by atoms with van der Waals surface area (Å²) in [7, 11) is -0.311. The van der Waals surface area contributed by atoms with Crippen LogP contribution in [0.4, 0.5) is 0 Å². The average Bonchev–Trinajstić information content (AvgIpc) is 2.80. The van der Waals surface area contributed by atoms with Gasteiger partial charge in [0.2, 0.25) is 0 Å². The van der Waals surface area contributed by atoms with E-state index in [1.165, 1.54) is 0 Å². The first kappa shape index (κ1) is 11.9. The number of azo groups is 1. The Balaban J connectivity index is 1.85. The van der Waals surface area contributed by atoms with E-state index in [-0.39, 0.29) is 24.4 Å². The van der Waals surface area contributed by atoms with Crippen molar-refractivity contribution in [3.05, 3.63) is 35.5 Å². The van der Waals surface area contributed by atoms with Crippen molar-refractivity contribution in [2.24, 2.45) is 10.2 Å². The van der Waals surface area contributed by atoms with Crippen molar-refractivity contribution in [1.82, 2.24) is 0 Å². The first-order chi connectivity index (χ1) is 8.39. The monoisotopic (exact) mass is 244 g/mol. The first-order valence-electron chi connectivity index (χ1n) is 6.24. The lowest BCUT2D eigenvalue weighted by atomic mass is 9.74. The Morgan fingerprint density at radius 1 is 1.17 bits per heavy atom. The Kier molecular flexibility index (Phi) is 2.41. The number of rotatable bonds is 1. The molecule has 3 rings (SSSR count). The predicted molar refractivity (Wildman–Crippen MR) is 70.0 cm³/mol. The van der Waals surface area contributed by atoms with E-state index in [1.54, 1.807) is 6.20 Å². The van der Waals surface area contributed by atoms with E-state index >= 15 is 0 Å². The minimum absolute atomic E-state index is 0.0798. The molecule has 0 unspecified atom stereocenters. The van der Waals surface area contributed by atoms with Gasteiger partial charge in [-0.2, -0.15) is 10.2 Å². The molecule has 3 aliphatic rings. The van der Waals surface area contributed by atoms with Gasteiger partial charge in [-0.15, -0.1) is 0 Å². The topological polar surface area (TPSA) is 43.2 Å². The SMILES string of the molecule is CC1(C)OB(C2=CC3=CN=N[C@@H]3C=C2)OC1(C)C. The van der Waals surface area contributed by atoms with Gasteiger partial charge in [0.25, 0.3) is 0 Å². The molecule has 0 spiro atoms. The van der Waals surface area contributed by atoms with Crippen molar-refractivity contribution in [3.63, 3.8) is 0 Å². The second-order valence-corrected chi connectivity index (χ2v) is 5.90. The summed E-state index contributed by atoms with van der Waals surface area (Å²) < 4.78 is 12.0. The highest BCUT2D eigenvalue weighted by Crippen LogP contribution is 2.39. The van der Waals surface area contributed by atoms with Gasteiger partial charge in [0.05, 0.1) is 17.4 Å². The van der Waals surface area contributed by atoms with Crippen LogP contribution in [0.15, 0.2) is 45.7 Å². The summed E-state index contributed by atoms with van der Waals surface area (Å²) in [4.78, 5) is 0. The first-order valence-corrected chi connectivity index (χ1v) is 6.24. The van der Waals surface area contributed by atoms with Gasteiger partial charge in [-0.25, -0.2) is 0 Å². The van der Waals surface area contributed by atoms with E-state index in [4.69, 9.17) is 9.31 Å². The summed E-state index contributed by atoms with van der Waals surface area (Å²) in [6.07, 6.45) is 7.91. The van der Waals surface area contributed by atoms with Gasteiger partial charge in [-0.05, 0) is 33.2 Å². The molecule has 0 aromatic carbocycles. The van der Waals surface area contributed by atoms with Crippen LogP contribution in [-0.2, 0) is 9.31 Å². The van der Waals surface area contributed by atoms with Gasteiger partial charge in [0.15, 0.2) is 0 Å². The highest BCUT2D eigenvalue weighted by Gasteiger charge is 2.52. The fraction of sp³-hybridized carbons (Fsp3) is 0.538. The molecule has 94 valence electrons. The van der Waals surface area contributed by atoms with Gasteiger partial charge in [0, 0.05) is 5.57 Å². The lowest BCUT2D eigenvalue weighted by molar-refractivity contribution is 0.00578. The molecule has 0 amide bonds. The Morgan fingerprint density at radius 2 is 1.83 bits per heavy atom. The maximum atomic E-state index is 6.02. The van der Waals surface area contributed by atoms with E-state index in [0.29, 0.717) is 0 Å². The summed E-state index contributed by atoms with van der Waals surface area (Å²) in [5.41, 5.74) is 1.52. The second kappa shape index (κ2) is 3.65. The maximum absolute atomic E-state index is 6.02. The molecular formula is C13H17BN2O2. The molecule has 0 N–H and O–H groups in total. The molecule has 1 fully saturated rings. The third kappa shape index (κ3) is 1.69. The van der Waals surface area contributed by atoms with Crippen molar-refractivity contribution in [3.8, 4) is 0 Å². The quantitative estimate of drug-likeness (QED) is 0.665. The highest BCUT2D eigenvalue weighted by molar-refractivity contribution is 6.55. The zero-order chi connectivity index (χ0) is 13.0. The predicted octanol–water partition coefficient (Wildman–Crippen LogP) is 2.83. The molecular weight excluding hydrogens is 227 g/mol. The maximum Gasteiger partial charge on any atom is 0.494 e. The van der Waals surface area contributed by atoms with Crippen LogP contribution in [0.2, 0.25) is 0 Å². The summed E-state index contributed by atoms with van der Waals surface area (Å²) in [5, 5.41) is 8.03. The largest absolute Gasteiger partial charge is 0.494 e. The second-order valence-electron chi connectivity index (χ2n) is 5.90. The molecule has 1 atom stereocenters. The molecule has 1 aliphatic carbocycles. The summed E-state index contributed by atoms with van der Waals surface area (Å²) >= 11 is 0. The van der Waals surface area contributed by atoms with Gasteiger partial charge in [0.1, 0.15) is 6.04 Å². The highest BCUT2D eigenvalue weighted by atomic mass is 16.7. The van der Waals surface area contributed by atoms with E-state index in [2.05, 4.69) is 44.0 Å². The zero-order valence-electron chi connectivity index (χ0n) is 11.2. The Morgan fingerprint density at radius 3 is 2.50 bits per heavy atom. The number of allylic oxidation sites excluding steroid dienone is 2. The summed E-state index contributed by atoms with van der Waals surface area (Å²) in [6, 6.07) is 0.0798. The van der Waals surface area contributed by atoms with E-state index in [9.17, 15) is 0 Å². The van der Waals surface area contributed by atoms with Crippen molar-refractivity contribution in [1.29, 1.82) is 0 Å². The zero-order valence-corrected chi connectivity index (χ0v) is 11.2. The minimum Gasteiger partial charge on any atom is -0.399 e. The van der Waals surface area contributed by atoms with Crippen LogP contribution in [0.5, 0.6) is 0 Å². The molecule has 0 bridgehead atoms. The van der Waals surface area contributed by atoms with Crippen LogP contribution in [0.1, 0.15) is 27.7 Å². The number of hydrogen-bond donors (Lipinski definition) is 0. The molecule has 18 heavy (non-hydrogen) atoms. The molecule has 0 radical (unpaired) electrons. The van der Waals surface area contributed by atoms with Crippen molar-refractivity contribution < 1.29 is 9.31 Å². The molecule has 0 aromatic heterocycles. The van der Waals surface area contributed by atoms with Gasteiger partial charge >= 0.3 is 7.12 Å². The lowest BCUT2D eigenvalue weighted by Crippen LogP contribution is -2.41. The smallest absolute Gasteiger partial charge is 0.399 e. The van der Waals surface area contributed by atoms with Gasteiger partial charge in [-0.1, -0.05) is 18.2 Å². The van der Waals surface area contributed by atoms with Crippen molar-refractivity contribution >= 4 is 7.12 Å². The fourth-order valence-electron chi connectivity index (χ4n) is 2.16. The van der Waals surface area contributed by atoms with E-state index in [0.717, 1.165) is 11.0 Å². The molecule has 4 nitrogen and oxygen atoms in total. The third-order valence-corrected chi connectivity index (χ3v) is 4.07. The normalized spacial score (nSPS) is 31.3. The summed E-state index contributed by atoms with van der Waals surface area (Å²) in [5.74, 6) is 0. The van der Waals surface area contributed by atoms with E-state index < -0.39 is 0 Å². The third-order valence-electron chi connectivity index (χ3n) is 4.07. The van der Waals surface area contributed by atoms with Gasteiger partial charge < -0.3 is 9.31 Å². The lowest BCUT2D eigenvalue weighted by Gasteiger charge is -2.32. The number of hydrogen-bond acceptors (Lipinski definition) is 4. The molecule has 1 saturated heterocycles. The molecule has 0 aromatic rings. The average molecular weight is 244 g/mol. The van der Waals surface area contributed by atoms with Crippen LogP contribution >= 0.6 is 0 Å². The summed E-state index contributed by atoms with van der Waals surface area (Å²) in [6.45, 7) is 8.23. The van der Waals surface area contributed by atoms with Crippen LogP contribution < -0.4 is 0 Å². The number of nitrogens with zero attached hydrogens (tertiary/aromatic N) is 2. The Hall–Kier alpha value is -1.20. The van der Waals surface area contributed by atoms with Crippen LogP contribution in [0.25, 0.3) is 0 Å².